The first kappa shape index (κ1) is 13.5. The van der Waals surface area contributed by atoms with Crippen LogP contribution in [0, 0.1) is 12.7 Å². The summed E-state index contributed by atoms with van der Waals surface area (Å²) < 4.78 is 13.6. The third-order valence-electron chi connectivity index (χ3n) is 2.24. The van der Waals surface area contributed by atoms with Gasteiger partial charge in [-0.15, -0.1) is 0 Å². The van der Waals surface area contributed by atoms with Crippen LogP contribution in [0.15, 0.2) is 22.8 Å². The number of nitrogens with zero attached hydrogens (tertiary/aromatic N) is 2. The third kappa shape index (κ3) is 2.91. The summed E-state index contributed by atoms with van der Waals surface area (Å²) in [7, 11) is 0. The molecule has 0 aliphatic rings. The van der Waals surface area contributed by atoms with Crippen LogP contribution in [0.2, 0.25) is 10.3 Å². The van der Waals surface area contributed by atoms with E-state index in [9.17, 15) is 4.39 Å². The maximum atomic E-state index is 13.3. The summed E-state index contributed by atoms with van der Waals surface area (Å²) in [6.45, 7) is 1.77. The van der Waals surface area contributed by atoms with E-state index in [1.807, 2.05) is 0 Å². The van der Waals surface area contributed by atoms with Gasteiger partial charge in [0.1, 0.15) is 10.8 Å². The molecule has 0 saturated carbocycles. The number of halogens is 4. The van der Waals surface area contributed by atoms with Crippen LogP contribution in [0.5, 0.6) is 0 Å². The predicted octanol–water partition coefficient (Wildman–Crippen LogP) is 4.74. The predicted molar refractivity (Wildman–Crippen MR) is 74.2 cm³/mol. The van der Waals surface area contributed by atoms with E-state index in [0.29, 0.717) is 21.0 Å². The van der Waals surface area contributed by atoms with Crippen LogP contribution in [0.1, 0.15) is 5.56 Å². The summed E-state index contributed by atoms with van der Waals surface area (Å²) in [6, 6.07) is 3.01. The van der Waals surface area contributed by atoms with E-state index in [-0.39, 0.29) is 11.1 Å². The molecule has 0 aliphatic heterocycles. The number of nitrogens with one attached hydrogen (secondary N) is 1. The van der Waals surface area contributed by atoms with E-state index in [1.54, 1.807) is 13.0 Å². The van der Waals surface area contributed by atoms with Crippen LogP contribution in [0.3, 0.4) is 0 Å². The Kier molecular flexibility index (Phi) is 4.04. The number of anilines is 2. The van der Waals surface area contributed by atoms with Gasteiger partial charge in [-0.05, 0) is 52.2 Å². The molecule has 2 aromatic rings. The number of rotatable bonds is 2. The molecule has 0 bridgehead atoms. The Bertz CT molecular complexity index is 607. The number of benzene rings is 1. The van der Waals surface area contributed by atoms with Crippen molar-refractivity contribution in [2.75, 3.05) is 5.32 Å². The quantitative estimate of drug-likeness (QED) is 0.795. The highest BCUT2D eigenvalue weighted by Crippen LogP contribution is 2.29. The Balaban J connectivity index is 2.40. The molecule has 3 nitrogen and oxygen atoms in total. The summed E-state index contributed by atoms with van der Waals surface area (Å²) >= 11 is 14.7. The molecule has 1 aromatic heterocycles. The lowest BCUT2D eigenvalue weighted by Crippen LogP contribution is -1.99. The van der Waals surface area contributed by atoms with Crippen molar-refractivity contribution in [1.82, 2.24) is 9.97 Å². The zero-order valence-corrected chi connectivity index (χ0v) is 12.2. The molecule has 1 heterocycles. The molecule has 0 atom stereocenters. The second kappa shape index (κ2) is 5.38. The fourth-order valence-electron chi connectivity index (χ4n) is 1.34. The summed E-state index contributed by atoms with van der Waals surface area (Å²) in [5.41, 5.74) is 1.40. The second-order valence-corrected chi connectivity index (χ2v) is 5.14. The maximum Gasteiger partial charge on any atom is 0.224 e. The van der Waals surface area contributed by atoms with Crippen molar-refractivity contribution in [3.8, 4) is 0 Å². The first-order valence-corrected chi connectivity index (χ1v) is 6.43. The van der Waals surface area contributed by atoms with Crippen LogP contribution >= 0.6 is 39.1 Å². The van der Waals surface area contributed by atoms with Crippen LogP contribution in [0.4, 0.5) is 15.9 Å². The summed E-state index contributed by atoms with van der Waals surface area (Å²) in [5, 5.41) is 3.40. The second-order valence-electron chi connectivity index (χ2n) is 3.54. The van der Waals surface area contributed by atoms with Crippen LogP contribution in [-0.2, 0) is 0 Å². The molecule has 0 aliphatic carbocycles. The maximum absolute atomic E-state index is 13.3. The summed E-state index contributed by atoms with van der Waals surface area (Å²) in [5.74, 6) is 0.0446. The van der Waals surface area contributed by atoms with Crippen molar-refractivity contribution in [2.24, 2.45) is 0 Å². The first-order valence-electron chi connectivity index (χ1n) is 4.88. The molecule has 0 radical (unpaired) electrons. The minimum atomic E-state index is -0.329. The zero-order valence-electron chi connectivity index (χ0n) is 9.14. The van der Waals surface area contributed by atoms with Gasteiger partial charge in [-0.3, -0.25) is 0 Å². The topological polar surface area (TPSA) is 37.8 Å². The highest BCUT2D eigenvalue weighted by molar-refractivity contribution is 9.10. The average Bonchev–Trinajstić information content (AvgIpc) is 2.30. The number of hydrogen-bond acceptors (Lipinski definition) is 3. The van der Waals surface area contributed by atoms with E-state index >= 15 is 0 Å². The fraction of sp³-hybridized carbons (Fsp3) is 0.0909. The lowest BCUT2D eigenvalue weighted by Gasteiger charge is -2.11. The SMILES string of the molecule is Cc1cc(F)c(Br)cc1Nc1nc(Cl)ncc1Cl. The fourth-order valence-corrected chi connectivity index (χ4v) is 1.96. The average molecular weight is 351 g/mol. The first-order chi connectivity index (χ1) is 8.47. The standard InChI is InChI=1S/C11H7BrCl2FN3/c1-5-2-8(15)6(12)3-9(5)17-10-7(13)4-16-11(14)18-10/h2-4H,1H3,(H,16,17,18). The van der Waals surface area contributed by atoms with Crippen molar-refractivity contribution >= 4 is 50.6 Å². The molecule has 0 unspecified atom stereocenters. The molecule has 94 valence electrons. The van der Waals surface area contributed by atoms with Gasteiger partial charge in [0.25, 0.3) is 0 Å². The highest BCUT2D eigenvalue weighted by Gasteiger charge is 2.09. The lowest BCUT2D eigenvalue weighted by atomic mass is 10.2. The van der Waals surface area contributed by atoms with E-state index in [0.717, 1.165) is 5.56 Å². The molecule has 1 aromatic carbocycles. The van der Waals surface area contributed by atoms with Gasteiger partial charge in [-0.25, -0.2) is 9.37 Å². The minimum absolute atomic E-state index is 0.0840. The Hall–Kier alpha value is -0.910. The van der Waals surface area contributed by atoms with Gasteiger partial charge in [-0.1, -0.05) is 11.6 Å². The van der Waals surface area contributed by atoms with Crippen molar-refractivity contribution in [3.63, 3.8) is 0 Å². The van der Waals surface area contributed by atoms with Crippen molar-refractivity contribution in [3.05, 3.63) is 44.5 Å². The monoisotopic (exact) mass is 349 g/mol. The Morgan fingerprint density at radius 3 is 2.78 bits per heavy atom. The highest BCUT2D eigenvalue weighted by atomic mass is 79.9. The normalized spacial score (nSPS) is 10.5. The molecular weight excluding hydrogens is 344 g/mol. The van der Waals surface area contributed by atoms with Gasteiger partial charge in [0, 0.05) is 5.69 Å². The van der Waals surface area contributed by atoms with Gasteiger partial charge in [0.15, 0.2) is 5.82 Å². The summed E-state index contributed by atoms with van der Waals surface area (Å²) in [4.78, 5) is 7.71. The van der Waals surface area contributed by atoms with Gasteiger partial charge in [0.2, 0.25) is 5.28 Å². The van der Waals surface area contributed by atoms with E-state index in [2.05, 4.69) is 31.2 Å². The Labute approximate surface area is 121 Å². The molecule has 18 heavy (non-hydrogen) atoms. The molecule has 2 rings (SSSR count). The van der Waals surface area contributed by atoms with Gasteiger partial charge in [-0.2, -0.15) is 4.98 Å². The molecule has 0 spiro atoms. The van der Waals surface area contributed by atoms with Crippen molar-refractivity contribution in [1.29, 1.82) is 0 Å². The number of hydrogen-bond donors (Lipinski definition) is 1. The Morgan fingerprint density at radius 1 is 1.33 bits per heavy atom. The summed E-state index contributed by atoms with van der Waals surface area (Å²) in [6.07, 6.45) is 1.40. The molecule has 1 N–H and O–H groups in total. The van der Waals surface area contributed by atoms with E-state index < -0.39 is 0 Å². The molecule has 7 heteroatoms. The van der Waals surface area contributed by atoms with Gasteiger partial charge >= 0.3 is 0 Å². The third-order valence-corrected chi connectivity index (χ3v) is 3.30. The van der Waals surface area contributed by atoms with E-state index in [4.69, 9.17) is 23.2 Å². The van der Waals surface area contributed by atoms with Gasteiger partial charge in [0.05, 0.1) is 10.7 Å². The minimum Gasteiger partial charge on any atom is -0.339 e. The lowest BCUT2D eigenvalue weighted by molar-refractivity contribution is 0.620. The number of aromatic nitrogens is 2. The molecule has 0 saturated heterocycles. The van der Waals surface area contributed by atoms with Crippen molar-refractivity contribution in [2.45, 2.75) is 6.92 Å². The van der Waals surface area contributed by atoms with Crippen molar-refractivity contribution < 1.29 is 4.39 Å². The molecule has 0 fully saturated rings. The molecular formula is C11H7BrCl2FN3. The van der Waals surface area contributed by atoms with Crippen LogP contribution < -0.4 is 5.32 Å². The molecule has 0 amide bonds. The number of aryl methyl sites for hydroxylation is 1. The van der Waals surface area contributed by atoms with Crippen LogP contribution in [0.25, 0.3) is 0 Å². The Morgan fingerprint density at radius 2 is 2.06 bits per heavy atom. The largest absolute Gasteiger partial charge is 0.339 e. The van der Waals surface area contributed by atoms with Crippen LogP contribution in [-0.4, -0.2) is 9.97 Å². The zero-order chi connectivity index (χ0) is 13.3. The van der Waals surface area contributed by atoms with Gasteiger partial charge < -0.3 is 5.32 Å². The van der Waals surface area contributed by atoms with E-state index in [1.165, 1.54) is 12.3 Å². The smallest absolute Gasteiger partial charge is 0.224 e.